The van der Waals surface area contributed by atoms with E-state index in [9.17, 15) is 15.2 Å². The molecule has 1 aliphatic rings. The molecule has 1 atom stereocenters. The standard InChI is InChI=1S/C18H21N3O3/c1-2-24-18(23)16-14(17(22)11-6-4-3-5-7-11)12-8-9-20-15(12)13(10-19)21-16/h8-9,11,17,20,22H,2-7H2,1H3. The van der Waals surface area contributed by atoms with Gasteiger partial charge in [-0.25, -0.2) is 9.78 Å². The number of esters is 1. The molecule has 0 radical (unpaired) electrons. The van der Waals surface area contributed by atoms with Crippen molar-refractivity contribution in [3.8, 4) is 6.07 Å². The first kappa shape index (κ1) is 16.5. The van der Waals surface area contributed by atoms with E-state index in [1.807, 2.05) is 6.07 Å². The van der Waals surface area contributed by atoms with E-state index in [2.05, 4.69) is 9.97 Å². The summed E-state index contributed by atoms with van der Waals surface area (Å²) in [5.41, 5.74) is 1.22. The largest absolute Gasteiger partial charge is 0.461 e. The highest BCUT2D eigenvalue weighted by molar-refractivity contribution is 5.97. The van der Waals surface area contributed by atoms with Gasteiger partial charge in [0.25, 0.3) is 0 Å². The number of rotatable bonds is 4. The van der Waals surface area contributed by atoms with Gasteiger partial charge in [0.05, 0.1) is 18.2 Å². The first-order valence-electron chi connectivity index (χ1n) is 8.43. The third kappa shape index (κ3) is 2.87. The summed E-state index contributed by atoms with van der Waals surface area (Å²) in [6.07, 6.45) is 6.10. The summed E-state index contributed by atoms with van der Waals surface area (Å²) in [5, 5.41) is 21.0. The smallest absolute Gasteiger partial charge is 0.357 e. The number of hydrogen-bond donors (Lipinski definition) is 2. The quantitative estimate of drug-likeness (QED) is 0.840. The molecule has 0 aromatic carbocycles. The Morgan fingerprint density at radius 2 is 2.25 bits per heavy atom. The van der Waals surface area contributed by atoms with Crippen molar-refractivity contribution in [2.24, 2.45) is 5.92 Å². The number of pyridine rings is 1. The van der Waals surface area contributed by atoms with Crippen LogP contribution in [0.1, 0.15) is 66.9 Å². The van der Waals surface area contributed by atoms with Crippen molar-refractivity contribution < 1.29 is 14.6 Å². The van der Waals surface area contributed by atoms with Crippen LogP contribution in [0.15, 0.2) is 12.3 Å². The number of fused-ring (bicyclic) bond motifs is 1. The number of carbonyl (C=O) groups is 1. The number of aromatic nitrogens is 2. The van der Waals surface area contributed by atoms with E-state index in [1.54, 1.807) is 19.2 Å². The number of aliphatic hydroxyl groups excluding tert-OH is 1. The van der Waals surface area contributed by atoms with Crippen LogP contribution in [-0.4, -0.2) is 27.7 Å². The predicted octanol–water partition coefficient (Wildman–Crippen LogP) is 3.22. The lowest BCUT2D eigenvalue weighted by Gasteiger charge is -2.28. The highest BCUT2D eigenvalue weighted by Crippen LogP contribution is 2.38. The highest BCUT2D eigenvalue weighted by atomic mass is 16.5. The molecule has 126 valence electrons. The number of aliphatic hydroxyl groups is 1. The van der Waals surface area contributed by atoms with Crippen LogP contribution in [0.4, 0.5) is 0 Å². The van der Waals surface area contributed by atoms with Crippen molar-refractivity contribution in [2.45, 2.75) is 45.1 Å². The molecule has 24 heavy (non-hydrogen) atoms. The maximum Gasteiger partial charge on any atom is 0.357 e. The zero-order valence-electron chi connectivity index (χ0n) is 13.7. The Balaban J connectivity index is 2.15. The van der Waals surface area contributed by atoms with Crippen LogP contribution in [0.5, 0.6) is 0 Å². The number of aromatic amines is 1. The number of nitrogens with one attached hydrogen (secondary N) is 1. The summed E-state index contributed by atoms with van der Waals surface area (Å²) in [6.45, 7) is 1.93. The number of nitrogens with zero attached hydrogens (tertiary/aromatic N) is 2. The lowest BCUT2D eigenvalue weighted by Crippen LogP contribution is -2.21. The Bertz CT molecular complexity index is 785. The topological polar surface area (TPSA) is 99.0 Å². The minimum Gasteiger partial charge on any atom is -0.461 e. The number of H-pyrrole nitrogens is 1. The van der Waals surface area contributed by atoms with Crippen molar-refractivity contribution in [1.29, 1.82) is 5.26 Å². The van der Waals surface area contributed by atoms with Crippen LogP contribution in [0.25, 0.3) is 10.9 Å². The van der Waals surface area contributed by atoms with Crippen molar-refractivity contribution in [3.63, 3.8) is 0 Å². The zero-order chi connectivity index (χ0) is 17.1. The van der Waals surface area contributed by atoms with E-state index in [1.165, 1.54) is 6.42 Å². The number of ether oxygens (including phenoxy) is 1. The second-order valence-electron chi connectivity index (χ2n) is 6.16. The molecular formula is C18H21N3O3. The zero-order valence-corrected chi connectivity index (χ0v) is 13.7. The molecule has 1 unspecified atom stereocenters. The molecule has 6 nitrogen and oxygen atoms in total. The molecule has 0 aliphatic heterocycles. The second kappa shape index (κ2) is 7.02. The average molecular weight is 327 g/mol. The summed E-state index contributed by atoms with van der Waals surface area (Å²) >= 11 is 0. The van der Waals surface area contributed by atoms with E-state index in [4.69, 9.17) is 4.74 Å². The average Bonchev–Trinajstić information content (AvgIpc) is 3.10. The minimum atomic E-state index is -0.789. The fourth-order valence-electron chi connectivity index (χ4n) is 3.57. The van der Waals surface area contributed by atoms with E-state index in [0.29, 0.717) is 16.5 Å². The summed E-state index contributed by atoms with van der Waals surface area (Å²) in [6, 6.07) is 3.79. The van der Waals surface area contributed by atoms with Gasteiger partial charge in [-0.2, -0.15) is 5.26 Å². The number of carbonyl (C=O) groups excluding carboxylic acids is 1. The van der Waals surface area contributed by atoms with Gasteiger partial charge in [0.2, 0.25) is 0 Å². The monoisotopic (exact) mass is 327 g/mol. The van der Waals surface area contributed by atoms with Crippen molar-refractivity contribution in [1.82, 2.24) is 9.97 Å². The summed E-state index contributed by atoms with van der Waals surface area (Å²) in [7, 11) is 0. The summed E-state index contributed by atoms with van der Waals surface area (Å²) < 4.78 is 5.10. The van der Waals surface area contributed by atoms with E-state index in [0.717, 1.165) is 25.7 Å². The molecule has 0 bridgehead atoms. The van der Waals surface area contributed by atoms with Crippen LogP contribution >= 0.6 is 0 Å². The summed E-state index contributed by atoms with van der Waals surface area (Å²) in [5.74, 6) is -0.498. The van der Waals surface area contributed by atoms with Gasteiger partial charge in [-0.15, -0.1) is 0 Å². The maximum atomic E-state index is 12.4. The Hall–Kier alpha value is -2.39. The van der Waals surface area contributed by atoms with Crippen LogP contribution in [0.2, 0.25) is 0 Å². The van der Waals surface area contributed by atoms with Crippen LogP contribution in [0, 0.1) is 17.2 Å². The van der Waals surface area contributed by atoms with E-state index >= 15 is 0 Å². The fourth-order valence-corrected chi connectivity index (χ4v) is 3.57. The van der Waals surface area contributed by atoms with E-state index in [-0.39, 0.29) is 23.9 Å². The molecule has 2 aromatic rings. The lowest BCUT2D eigenvalue weighted by atomic mass is 9.81. The molecule has 0 spiro atoms. The third-order valence-electron chi connectivity index (χ3n) is 4.72. The molecule has 2 N–H and O–H groups in total. The Morgan fingerprint density at radius 3 is 2.92 bits per heavy atom. The van der Waals surface area contributed by atoms with Crippen LogP contribution < -0.4 is 0 Å². The maximum absolute atomic E-state index is 12.4. The van der Waals surface area contributed by atoms with Gasteiger partial charge in [0.1, 0.15) is 6.07 Å². The van der Waals surface area contributed by atoms with Gasteiger partial charge in [-0.05, 0) is 31.7 Å². The molecule has 1 fully saturated rings. The van der Waals surface area contributed by atoms with Gasteiger partial charge < -0.3 is 14.8 Å². The van der Waals surface area contributed by atoms with E-state index < -0.39 is 12.1 Å². The Kier molecular flexibility index (Phi) is 4.81. The van der Waals surface area contributed by atoms with Crippen molar-refractivity contribution >= 4 is 16.9 Å². The molecule has 0 amide bonds. The molecule has 2 aromatic heterocycles. The first-order chi connectivity index (χ1) is 11.7. The lowest BCUT2D eigenvalue weighted by molar-refractivity contribution is 0.0495. The predicted molar refractivity (Wildman–Crippen MR) is 88.3 cm³/mol. The molecule has 1 saturated carbocycles. The SMILES string of the molecule is CCOC(=O)c1nc(C#N)c2[nH]ccc2c1C(O)C1CCCCC1. The summed E-state index contributed by atoms with van der Waals surface area (Å²) in [4.78, 5) is 19.6. The van der Waals surface area contributed by atoms with Gasteiger partial charge in [0, 0.05) is 17.1 Å². The van der Waals surface area contributed by atoms with Gasteiger partial charge >= 0.3 is 5.97 Å². The molecule has 1 aliphatic carbocycles. The molecule has 2 heterocycles. The van der Waals surface area contributed by atoms with Crippen LogP contribution in [-0.2, 0) is 4.74 Å². The Morgan fingerprint density at radius 1 is 1.50 bits per heavy atom. The molecule has 0 saturated heterocycles. The molecule has 6 heteroatoms. The Labute approximate surface area is 140 Å². The highest BCUT2D eigenvalue weighted by Gasteiger charge is 2.31. The number of nitriles is 1. The van der Waals surface area contributed by atoms with Crippen LogP contribution in [0.3, 0.4) is 0 Å². The van der Waals surface area contributed by atoms with Crippen molar-refractivity contribution in [3.05, 3.63) is 29.2 Å². The minimum absolute atomic E-state index is 0.0542. The number of hydrogen-bond acceptors (Lipinski definition) is 5. The second-order valence-corrected chi connectivity index (χ2v) is 6.16. The third-order valence-corrected chi connectivity index (χ3v) is 4.72. The molecule has 3 rings (SSSR count). The van der Waals surface area contributed by atoms with Gasteiger partial charge in [0.15, 0.2) is 11.4 Å². The van der Waals surface area contributed by atoms with Gasteiger partial charge in [-0.1, -0.05) is 19.3 Å². The van der Waals surface area contributed by atoms with Gasteiger partial charge in [-0.3, -0.25) is 0 Å². The fraction of sp³-hybridized carbons (Fsp3) is 0.500. The first-order valence-corrected chi connectivity index (χ1v) is 8.43. The molecular weight excluding hydrogens is 306 g/mol. The van der Waals surface area contributed by atoms with Crippen molar-refractivity contribution in [2.75, 3.05) is 6.61 Å². The normalized spacial score (nSPS) is 16.7.